The van der Waals surface area contributed by atoms with E-state index in [1.165, 1.54) is 16.0 Å². The van der Waals surface area contributed by atoms with E-state index < -0.39 is 5.97 Å². The van der Waals surface area contributed by atoms with E-state index in [0.717, 1.165) is 32.1 Å². The number of rotatable bonds is 7. The molecule has 0 heterocycles. The molecule has 5 nitrogen and oxygen atoms in total. The molecule has 1 aromatic rings. The third kappa shape index (κ3) is 3.78. The number of fused-ring (bicyclic) bond motifs is 1. The van der Waals surface area contributed by atoms with Crippen LogP contribution in [0, 0.1) is 0 Å². The second kappa shape index (κ2) is 6.52. The van der Waals surface area contributed by atoms with Gasteiger partial charge in [-0.3, -0.25) is 14.4 Å². The SMILES string of the molecule is O=C(O)CN(C(=O)CCC(=O)c1ccc2c(c1)CCC2)C1CC1. The van der Waals surface area contributed by atoms with Crippen molar-refractivity contribution < 1.29 is 19.5 Å². The minimum Gasteiger partial charge on any atom is -0.480 e. The first-order valence-corrected chi connectivity index (χ1v) is 8.21. The van der Waals surface area contributed by atoms with Gasteiger partial charge in [-0.15, -0.1) is 0 Å². The van der Waals surface area contributed by atoms with Crippen molar-refractivity contribution >= 4 is 17.7 Å². The molecule has 5 heteroatoms. The number of carbonyl (C=O) groups excluding carboxylic acids is 2. The van der Waals surface area contributed by atoms with E-state index >= 15 is 0 Å². The third-order valence-corrected chi connectivity index (χ3v) is 4.60. The molecule has 1 N–H and O–H groups in total. The first-order chi connectivity index (χ1) is 11.0. The monoisotopic (exact) mass is 315 g/mol. The fourth-order valence-corrected chi connectivity index (χ4v) is 3.21. The highest BCUT2D eigenvalue weighted by molar-refractivity contribution is 5.98. The molecule has 0 aromatic heterocycles. The number of carboxylic acid groups (broad SMARTS) is 1. The van der Waals surface area contributed by atoms with Crippen molar-refractivity contribution in [2.24, 2.45) is 0 Å². The summed E-state index contributed by atoms with van der Waals surface area (Å²) in [5.74, 6) is -1.28. The molecule has 122 valence electrons. The van der Waals surface area contributed by atoms with Gasteiger partial charge in [0.05, 0.1) is 0 Å². The van der Waals surface area contributed by atoms with E-state index in [2.05, 4.69) is 0 Å². The Labute approximate surface area is 135 Å². The lowest BCUT2D eigenvalue weighted by Crippen LogP contribution is -2.37. The number of hydrogen-bond donors (Lipinski definition) is 1. The van der Waals surface area contributed by atoms with E-state index in [1.54, 1.807) is 0 Å². The smallest absolute Gasteiger partial charge is 0.323 e. The van der Waals surface area contributed by atoms with E-state index in [1.807, 2.05) is 18.2 Å². The highest BCUT2D eigenvalue weighted by Gasteiger charge is 2.33. The number of amides is 1. The van der Waals surface area contributed by atoms with Crippen LogP contribution in [0.5, 0.6) is 0 Å². The van der Waals surface area contributed by atoms with Crippen molar-refractivity contribution in [2.45, 2.75) is 51.0 Å². The fourth-order valence-electron chi connectivity index (χ4n) is 3.21. The van der Waals surface area contributed by atoms with Crippen molar-refractivity contribution in [3.8, 4) is 0 Å². The largest absolute Gasteiger partial charge is 0.480 e. The molecule has 1 saturated carbocycles. The fraction of sp³-hybridized carbons (Fsp3) is 0.500. The highest BCUT2D eigenvalue weighted by Crippen LogP contribution is 2.28. The maximum Gasteiger partial charge on any atom is 0.323 e. The van der Waals surface area contributed by atoms with Crippen LogP contribution in [0.4, 0.5) is 0 Å². The van der Waals surface area contributed by atoms with Crippen LogP contribution in [-0.2, 0) is 22.4 Å². The summed E-state index contributed by atoms with van der Waals surface area (Å²) < 4.78 is 0. The van der Waals surface area contributed by atoms with E-state index in [0.29, 0.717) is 5.56 Å². The van der Waals surface area contributed by atoms with Crippen molar-refractivity contribution in [2.75, 3.05) is 6.54 Å². The maximum absolute atomic E-state index is 12.3. The number of Topliss-reactive ketones (excluding diaryl/α,β-unsaturated/α-hetero) is 1. The Bertz CT molecular complexity index is 648. The van der Waals surface area contributed by atoms with E-state index in [4.69, 9.17) is 5.11 Å². The number of aryl methyl sites for hydroxylation is 2. The number of ketones is 1. The lowest BCUT2D eigenvalue weighted by molar-refractivity contribution is -0.144. The molecule has 2 aliphatic carbocycles. The number of carbonyl (C=O) groups is 3. The Morgan fingerprint density at radius 1 is 1.09 bits per heavy atom. The topological polar surface area (TPSA) is 74.7 Å². The number of benzene rings is 1. The summed E-state index contributed by atoms with van der Waals surface area (Å²) in [6.07, 6.45) is 5.17. The molecule has 0 saturated heterocycles. The molecule has 1 fully saturated rings. The Hall–Kier alpha value is -2.17. The van der Waals surface area contributed by atoms with Crippen LogP contribution in [0.1, 0.15) is 53.6 Å². The molecule has 0 radical (unpaired) electrons. The zero-order chi connectivity index (χ0) is 16.4. The number of carboxylic acids is 1. The van der Waals surface area contributed by atoms with Crippen LogP contribution < -0.4 is 0 Å². The van der Waals surface area contributed by atoms with Gasteiger partial charge in [0, 0.05) is 24.4 Å². The summed E-state index contributed by atoms with van der Waals surface area (Å²) in [7, 11) is 0. The Morgan fingerprint density at radius 2 is 1.83 bits per heavy atom. The number of nitrogens with zero attached hydrogens (tertiary/aromatic N) is 1. The molecular weight excluding hydrogens is 294 g/mol. The molecular formula is C18H21NO4. The summed E-state index contributed by atoms with van der Waals surface area (Å²) in [5.41, 5.74) is 3.22. The standard InChI is InChI=1S/C18H21NO4/c20-16(14-5-4-12-2-1-3-13(12)10-14)8-9-17(21)19(11-18(22)23)15-6-7-15/h4-5,10,15H,1-3,6-9,11H2,(H,22,23). The molecule has 0 unspecified atom stereocenters. The Morgan fingerprint density at radius 3 is 2.52 bits per heavy atom. The van der Waals surface area contributed by atoms with Gasteiger partial charge in [0.25, 0.3) is 0 Å². The van der Waals surface area contributed by atoms with Gasteiger partial charge in [-0.25, -0.2) is 0 Å². The molecule has 0 aliphatic heterocycles. The van der Waals surface area contributed by atoms with Crippen LogP contribution in [0.15, 0.2) is 18.2 Å². The van der Waals surface area contributed by atoms with Gasteiger partial charge >= 0.3 is 5.97 Å². The highest BCUT2D eigenvalue weighted by atomic mass is 16.4. The summed E-state index contributed by atoms with van der Waals surface area (Å²) in [4.78, 5) is 36.7. The van der Waals surface area contributed by atoms with Gasteiger partial charge in [-0.1, -0.05) is 12.1 Å². The van der Waals surface area contributed by atoms with Crippen LogP contribution in [0.2, 0.25) is 0 Å². The average molecular weight is 315 g/mol. The number of hydrogen-bond acceptors (Lipinski definition) is 3. The summed E-state index contributed by atoms with van der Waals surface area (Å²) in [5, 5.41) is 8.89. The molecule has 2 aliphatic rings. The summed E-state index contributed by atoms with van der Waals surface area (Å²) >= 11 is 0. The van der Waals surface area contributed by atoms with Gasteiger partial charge in [-0.05, 0) is 49.3 Å². The average Bonchev–Trinajstić information content (AvgIpc) is 3.26. The van der Waals surface area contributed by atoms with Gasteiger partial charge in [-0.2, -0.15) is 0 Å². The second-order valence-electron chi connectivity index (χ2n) is 6.41. The first-order valence-electron chi connectivity index (χ1n) is 8.21. The van der Waals surface area contributed by atoms with Gasteiger partial charge < -0.3 is 10.0 Å². The molecule has 0 bridgehead atoms. The quantitative estimate of drug-likeness (QED) is 0.783. The number of aliphatic carboxylic acids is 1. The maximum atomic E-state index is 12.3. The predicted octanol–water partition coefficient (Wildman–Crippen LogP) is 2.21. The van der Waals surface area contributed by atoms with Crippen molar-refractivity contribution in [3.63, 3.8) is 0 Å². The second-order valence-corrected chi connectivity index (χ2v) is 6.41. The van der Waals surface area contributed by atoms with Crippen LogP contribution in [0.3, 0.4) is 0 Å². The van der Waals surface area contributed by atoms with Gasteiger partial charge in [0.15, 0.2) is 5.78 Å². The molecule has 3 rings (SSSR count). The molecule has 1 amide bonds. The normalized spacial score (nSPS) is 16.0. The van der Waals surface area contributed by atoms with Crippen LogP contribution >= 0.6 is 0 Å². The zero-order valence-corrected chi connectivity index (χ0v) is 13.1. The minimum atomic E-state index is -1.00. The molecule has 1 aromatic carbocycles. The van der Waals surface area contributed by atoms with Crippen molar-refractivity contribution in [1.82, 2.24) is 4.90 Å². The minimum absolute atomic E-state index is 0.0425. The Kier molecular flexibility index (Phi) is 4.46. The molecule has 0 spiro atoms. The van der Waals surface area contributed by atoms with Gasteiger partial charge in [0.1, 0.15) is 6.54 Å². The lowest BCUT2D eigenvalue weighted by atomic mass is 10.0. The van der Waals surface area contributed by atoms with E-state index in [-0.39, 0.29) is 37.1 Å². The molecule has 23 heavy (non-hydrogen) atoms. The van der Waals surface area contributed by atoms with E-state index in [9.17, 15) is 14.4 Å². The predicted molar refractivity (Wildman–Crippen MR) is 84.4 cm³/mol. The third-order valence-electron chi connectivity index (χ3n) is 4.60. The summed E-state index contributed by atoms with van der Waals surface area (Å²) in [6.45, 7) is -0.267. The van der Waals surface area contributed by atoms with Gasteiger partial charge in [0.2, 0.25) is 5.91 Å². The Balaban J connectivity index is 1.57. The lowest BCUT2D eigenvalue weighted by Gasteiger charge is -2.20. The van der Waals surface area contributed by atoms with Crippen LogP contribution in [-0.4, -0.2) is 40.3 Å². The van der Waals surface area contributed by atoms with Crippen molar-refractivity contribution in [1.29, 1.82) is 0 Å². The molecule has 0 atom stereocenters. The first kappa shape index (κ1) is 15.7. The summed E-state index contributed by atoms with van der Waals surface area (Å²) in [6, 6.07) is 5.85. The van der Waals surface area contributed by atoms with Crippen molar-refractivity contribution in [3.05, 3.63) is 34.9 Å². The zero-order valence-electron chi connectivity index (χ0n) is 13.1. The van der Waals surface area contributed by atoms with Crippen LogP contribution in [0.25, 0.3) is 0 Å².